The van der Waals surface area contributed by atoms with Crippen molar-refractivity contribution in [3.05, 3.63) is 54.1 Å². The van der Waals surface area contributed by atoms with Crippen molar-refractivity contribution in [2.75, 3.05) is 13.1 Å². The Balaban J connectivity index is 2.10. The third-order valence-corrected chi connectivity index (χ3v) is 3.55. The van der Waals surface area contributed by atoms with Crippen LogP contribution >= 0.6 is 0 Å². The predicted molar refractivity (Wildman–Crippen MR) is 89.5 cm³/mol. The molecule has 2 aromatic rings. The summed E-state index contributed by atoms with van der Waals surface area (Å²) in [6, 6.07) is 8.59. The molecule has 3 heteroatoms. The third-order valence-electron chi connectivity index (χ3n) is 3.55. The van der Waals surface area contributed by atoms with E-state index in [9.17, 15) is 0 Å². The van der Waals surface area contributed by atoms with Gasteiger partial charge in [0.2, 0.25) is 0 Å². The zero-order chi connectivity index (χ0) is 15.1. The van der Waals surface area contributed by atoms with Gasteiger partial charge in [0.15, 0.2) is 0 Å². The molecule has 0 fully saturated rings. The summed E-state index contributed by atoms with van der Waals surface area (Å²) in [7, 11) is 0. The summed E-state index contributed by atoms with van der Waals surface area (Å²) in [5.41, 5.74) is 3.83. The van der Waals surface area contributed by atoms with Crippen LogP contribution in [0.15, 0.2) is 48.6 Å². The summed E-state index contributed by atoms with van der Waals surface area (Å²) in [5.74, 6) is 0.558. The van der Waals surface area contributed by atoms with Crippen LogP contribution in [0.3, 0.4) is 0 Å². The molecule has 1 heterocycles. The molecule has 1 N–H and O–H groups in total. The van der Waals surface area contributed by atoms with E-state index in [0.29, 0.717) is 5.92 Å². The van der Waals surface area contributed by atoms with E-state index in [1.807, 2.05) is 17.1 Å². The Morgan fingerprint density at radius 1 is 1.29 bits per heavy atom. The van der Waals surface area contributed by atoms with E-state index in [1.165, 1.54) is 17.6 Å². The van der Waals surface area contributed by atoms with Crippen LogP contribution in [0.25, 0.3) is 11.8 Å². The van der Waals surface area contributed by atoms with Crippen LogP contribution < -0.4 is 5.32 Å². The number of imidazole rings is 1. The second-order valence-electron chi connectivity index (χ2n) is 5.61. The second-order valence-corrected chi connectivity index (χ2v) is 5.61. The van der Waals surface area contributed by atoms with Gasteiger partial charge in [0.25, 0.3) is 0 Å². The molecule has 0 aliphatic carbocycles. The highest BCUT2D eigenvalue weighted by atomic mass is 15.0. The molecular formula is C18H25N3. The molecule has 1 aromatic carbocycles. The zero-order valence-electron chi connectivity index (χ0n) is 13.2. The lowest BCUT2D eigenvalue weighted by Crippen LogP contribution is -2.19. The zero-order valence-corrected chi connectivity index (χ0v) is 13.2. The molecule has 1 aromatic heterocycles. The first-order valence-electron chi connectivity index (χ1n) is 7.70. The molecule has 2 rings (SSSR count). The van der Waals surface area contributed by atoms with Crippen LogP contribution in [0.4, 0.5) is 0 Å². The van der Waals surface area contributed by atoms with Crippen molar-refractivity contribution in [1.29, 1.82) is 0 Å². The lowest BCUT2D eigenvalue weighted by Gasteiger charge is -2.13. The van der Waals surface area contributed by atoms with Crippen LogP contribution in [0.5, 0.6) is 0 Å². The summed E-state index contributed by atoms with van der Waals surface area (Å²) in [4.78, 5) is 4.08. The van der Waals surface area contributed by atoms with Gasteiger partial charge in [-0.25, -0.2) is 4.98 Å². The fraction of sp³-hybridized carbons (Fsp3) is 0.389. The minimum Gasteiger partial charge on any atom is -0.313 e. The van der Waals surface area contributed by atoms with Crippen molar-refractivity contribution >= 4 is 6.08 Å². The molecule has 0 unspecified atom stereocenters. The predicted octanol–water partition coefficient (Wildman–Crippen LogP) is 3.91. The first-order chi connectivity index (χ1) is 10.2. The molecule has 0 atom stereocenters. The van der Waals surface area contributed by atoms with Gasteiger partial charge in [0.1, 0.15) is 0 Å². The molecule has 0 aliphatic rings. The van der Waals surface area contributed by atoms with Gasteiger partial charge in [-0.15, -0.1) is 0 Å². The van der Waals surface area contributed by atoms with Crippen molar-refractivity contribution in [3.63, 3.8) is 0 Å². The first-order valence-corrected chi connectivity index (χ1v) is 7.70. The van der Waals surface area contributed by atoms with E-state index in [2.05, 4.69) is 61.4 Å². The highest BCUT2D eigenvalue weighted by molar-refractivity contribution is 5.55. The number of nitrogens with zero attached hydrogens (tertiary/aromatic N) is 2. The van der Waals surface area contributed by atoms with Crippen LogP contribution in [0.2, 0.25) is 0 Å². The Kier molecular flexibility index (Phi) is 5.76. The lowest BCUT2D eigenvalue weighted by atomic mass is 10.00. The highest BCUT2D eigenvalue weighted by Gasteiger charge is 2.03. The minimum atomic E-state index is 0.558. The maximum absolute atomic E-state index is 4.08. The van der Waals surface area contributed by atoms with Crippen molar-refractivity contribution in [1.82, 2.24) is 14.9 Å². The van der Waals surface area contributed by atoms with Gasteiger partial charge in [-0.3, -0.25) is 0 Å². The van der Waals surface area contributed by atoms with E-state index >= 15 is 0 Å². The van der Waals surface area contributed by atoms with Crippen molar-refractivity contribution in [2.45, 2.75) is 27.2 Å². The standard InChI is InChI=1S/C18H25N3/c1-4-9-19-13-17(15(2)3)12-16-5-7-18(8-6-16)21-11-10-20-14-21/h5-8,10-12,14-15,19H,4,9,13H2,1-3H3. The van der Waals surface area contributed by atoms with Crippen LogP contribution in [0, 0.1) is 5.92 Å². The molecule has 0 spiro atoms. The molecule has 112 valence electrons. The average Bonchev–Trinajstić information content (AvgIpc) is 3.01. The molecule has 0 aliphatic heterocycles. The van der Waals surface area contributed by atoms with Gasteiger partial charge >= 0.3 is 0 Å². The fourth-order valence-corrected chi connectivity index (χ4v) is 2.20. The molecule has 0 radical (unpaired) electrons. The topological polar surface area (TPSA) is 29.9 Å². The van der Waals surface area contributed by atoms with E-state index < -0.39 is 0 Å². The highest BCUT2D eigenvalue weighted by Crippen LogP contribution is 2.16. The number of rotatable bonds is 7. The lowest BCUT2D eigenvalue weighted by molar-refractivity contribution is 0.657. The first kappa shape index (κ1) is 15.5. The fourth-order valence-electron chi connectivity index (χ4n) is 2.20. The smallest absolute Gasteiger partial charge is 0.0991 e. The Bertz CT molecular complexity index is 551. The molecule has 0 amide bonds. The number of benzene rings is 1. The number of nitrogens with one attached hydrogen (secondary N) is 1. The van der Waals surface area contributed by atoms with Crippen LogP contribution in [0.1, 0.15) is 32.8 Å². The summed E-state index contributed by atoms with van der Waals surface area (Å²) in [5, 5.41) is 3.49. The van der Waals surface area contributed by atoms with Gasteiger partial charge in [0, 0.05) is 24.6 Å². The maximum Gasteiger partial charge on any atom is 0.0991 e. The van der Waals surface area contributed by atoms with E-state index in [4.69, 9.17) is 0 Å². The summed E-state index contributed by atoms with van der Waals surface area (Å²) in [6.07, 6.45) is 9.04. The molecule has 0 saturated carbocycles. The quantitative estimate of drug-likeness (QED) is 0.781. The Morgan fingerprint density at radius 2 is 2.05 bits per heavy atom. The van der Waals surface area contributed by atoms with Crippen molar-refractivity contribution < 1.29 is 0 Å². The molecule has 0 bridgehead atoms. The monoisotopic (exact) mass is 283 g/mol. The largest absolute Gasteiger partial charge is 0.313 e. The molecule has 21 heavy (non-hydrogen) atoms. The van der Waals surface area contributed by atoms with Crippen LogP contribution in [-0.4, -0.2) is 22.6 Å². The van der Waals surface area contributed by atoms with E-state index in [-0.39, 0.29) is 0 Å². The normalized spacial score (nSPS) is 12.1. The van der Waals surface area contributed by atoms with Crippen LogP contribution in [-0.2, 0) is 0 Å². The maximum atomic E-state index is 4.08. The summed E-state index contributed by atoms with van der Waals surface area (Å²) < 4.78 is 2.01. The van der Waals surface area contributed by atoms with Crippen molar-refractivity contribution in [3.8, 4) is 5.69 Å². The molecular weight excluding hydrogens is 258 g/mol. The third kappa shape index (κ3) is 4.57. The Morgan fingerprint density at radius 3 is 2.62 bits per heavy atom. The molecule has 0 saturated heterocycles. The van der Waals surface area contributed by atoms with E-state index in [1.54, 1.807) is 6.20 Å². The van der Waals surface area contributed by atoms with Gasteiger partial charge in [0.05, 0.1) is 6.33 Å². The van der Waals surface area contributed by atoms with Gasteiger partial charge in [-0.05, 0) is 36.6 Å². The van der Waals surface area contributed by atoms with Gasteiger partial charge in [-0.1, -0.05) is 44.6 Å². The SMILES string of the molecule is CCCNCC(=Cc1ccc(-n2ccnc2)cc1)C(C)C. The summed E-state index contributed by atoms with van der Waals surface area (Å²) >= 11 is 0. The minimum absolute atomic E-state index is 0.558. The molecule has 3 nitrogen and oxygen atoms in total. The number of hydrogen-bond donors (Lipinski definition) is 1. The number of aromatic nitrogens is 2. The number of hydrogen-bond acceptors (Lipinski definition) is 2. The van der Waals surface area contributed by atoms with Gasteiger partial charge in [-0.2, -0.15) is 0 Å². The van der Waals surface area contributed by atoms with Crippen molar-refractivity contribution in [2.24, 2.45) is 5.92 Å². The average molecular weight is 283 g/mol. The van der Waals surface area contributed by atoms with E-state index in [0.717, 1.165) is 18.8 Å². The van der Waals surface area contributed by atoms with Gasteiger partial charge < -0.3 is 9.88 Å². The summed E-state index contributed by atoms with van der Waals surface area (Å²) in [6.45, 7) is 8.73. The Hall–Kier alpha value is -1.87. The Labute approximate surface area is 127 Å². The second kappa shape index (κ2) is 7.79.